The lowest BCUT2D eigenvalue weighted by Crippen LogP contribution is -2.45. The molecule has 6 nitrogen and oxygen atoms in total. The summed E-state index contributed by atoms with van der Waals surface area (Å²) in [5.41, 5.74) is 9.10. The van der Waals surface area contributed by atoms with Gasteiger partial charge >= 0.3 is 0 Å². The molecule has 2 aromatic heterocycles. The van der Waals surface area contributed by atoms with Crippen LogP contribution >= 0.6 is 0 Å². The van der Waals surface area contributed by atoms with Gasteiger partial charge < -0.3 is 11.1 Å². The molecule has 0 unspecified atom stereocenters. The van der Waals surface area contributed by atoms with Gasteiger partial charge in [-0.05, 0) is 37.1 Å². The van der Waals surface area contributed by atoms with Crippen LogP contribution in [0.3, 0.4) is 0 Å². The van der Waals surface area contributed by atoms with Crippen molar-refractivity contribution >= 4 is 5.91 Å². The molecule has 3 aromatic rings. The first kappa shape index (κ1) is 19.8. The van der Waals surface area contributed by atoms with Crippen LogP contribution in [0.5, 0.6) is 0 Å². The van der Waals surface area contributed by atoms with Crippen LogP contribution in [0.2, 0.25) is 0 Å². The zero-order chi connectivity index (χ0) is 20.0. The second-order valence-corrected chi connectivity index (χ2v) is 6.89. The summed E-state index contributed by atoms with van der Waals surface area (Å²) in [6, 6.07) is 13.8. The highest BCUT2D eigenvalue weighted by molar-refractivity contribution is 5.83. The van der Waals surface area contributed by atoms with E-state index in [4.69, 9.17) is 10.8 Å². The van der Waals surface area contributed by atoms with Gasteiger partial charge in [0.15, 0.2) is 0 Å². The van der Waals surface area contributed by atoms with E-state index in [1.165, 1.54) is 0 Å². The number of nitrogens with two attached hydrogens (primary N) is 1. The highest BCUT2D eigenvalue weighted by Crippen LogP contribution is 2.27. The molecule has 0 atom stereocenters. The van der Waals surface area contributed by atoms with Crippen LogP contribution in [0.1, 0.15) is 32.3 Å². The van der Waals surface area contributed by atoms with Gasteiger partial charge in [-0.1, -0.05) is 32.0 Å². The van der Waals surface area contributed by atoms with E-state index >= 15 is 0 Å². The number of benzene rings is 1. The smallest absolute Gasteiger partial charge is 0.227 e. The first-order valence-corrected chi connectivity index (χ1v) is 9.66. The Hall–Kier alpha value is -2.99. The molecular formula is C22H27N5O. The maximum atomic E-state index is 12.8. The van der Waals surface area contributed by atoms with Crippen molar-refractivity contribution in [3.63, 3.8) is 0 Å². The number of carbonyl (C=O) groups excluding carboxylic acids is 1. The third-order valence-corrected chi connectivity index (χ3v) is 5.43. The Labute approximate surface area is 165 Å². The molecule has 0 saturated carbocycles. The van der Waals surface area contributed by atoms with Gasteiger partial charge in [-0.2, -0.15) is 5.10 Å². The highest BCUT2D eigenvalue weighted by atomic mass is 16.2. The van der Waals surface area contributed by atoms with Gasteiger partial charge in [-0.25, -0.2) is 4.68 Å². The van der Waals surface area contributed by atoms with E-state index in [9.17, 15) is 4.79 Å². The fraction of sp³-hybridized carbons (Fsp3) is 0.318. The topological polar surface area (TPSA) is 85.8 Å². The van der Waals surface area contributed by atoms with Crippen molar-refractivity contribution in [2.45, 2.75) is 33.2 Å². The average molecular weight is 377 g/mol. The number of para-hydroxylation sites is 1. The monoisotopic (exact) mass is 377 g/mol. The lowest BCUT2D eigenvalue weighted by Gasteiger charge is -2.28. The zero-order valence-electron chi connectivity index (χ0n) is 16.4. The van der Waals surface area contributed by atoms with Crippen molar-refractivity contribution in [1.29, 1.82) is 0 Å². The largest absolute Gasteiger partial charge is 0.351 e. The molecule has 0 bridgehead atoms. The molecule has 0 saturated heterocycles. The van der Waals surface area contributed by atoms with Crippen LogP contribution in [0.4, 0.5) is 0 Å². The molecule has 3 N–H and O–H groups in total. The third-order valence-electron chi connectivity index (χ3n) is 5.43. The summed E-state index contributed by atoms with van der Waals surface area (Å²) >= 11 is 0. The van der Waals surface area contributed by atoms with Crippen LogP contribution in [0.25, 0.3) is 16.9 Å². The molecule has 1 amide bonds. The minimum atomic E-state index is -0.522. The molecule has 0 aliphatic heterocycles. The molecule has 0 radical (unpaired) electrons. The number of nitrogens with one attached hydrogen (secondary N) is 1. The van der Waals surface area contributed by atoms with Crippen molar-refractivity contribution in [2.24, 2.45) is 11.1 Å². The van der Waals surface area contributed by atoms with Crippen molar-refractivity contribution < 1.29 is 4.79 Å². The summed E-state index contributed by atoms with van der Waals surface area (Å²) in [5.74, 6) is -0.00635. The van der Waals surface area contributed by atoms with Gasteiger partial charge in [0.05, 0.1) is 16.8 Å². The molecule has 2 heterocycles. The Morgan fingerprint density at radius 3 is 2.39 bits per heavy atom. The van der Waals surface area contributed by atoms with E-state index in [1.807, 2.05) is 67.2 Å². The average Bonchev–Trinajstić information content (AvgIpc) is 3.19. The lowest BCUT2D eigenvalue weighted by atomic mass is 9.81. The third kappa shape index (κ3) is 3.97. The van der Waals surface area contributed by atoms with Crippen LogP contribution < -0.4 is 11.1 Å². The van der Waals surface area contributed by atoms with Gasteiger partial charge in [0.25, 0.3) is 0 Å². The number of hydrogen-bond acceptors (Lipinski definition) is 4. The number of rotatable bonds is 8. The molecule has 3 rings (SSSR count). The predicted octanol–water partition coefficient (Wildman–Crippen LogP) is 3.32. The number of pyridine rings is 1. The lowest BCUT2D eigenvalue weighted by molar-refractivity contribution is -0.131. The first-order valence-electron chi connectivity index (χ1n) is 9.66. The van der Waals surface area contributed by atoms with Gasteiger partial charge in [-0.15, -0.1) is 0 Å². The number of nitrogens with zero attached hydrogens (tertiary/aromatic N) is 3. The quantitative estimate of drug-likeness (QED) is 0.631. The Morgan fingerprint density at radius 1 is 1.11 bits per heavy atom. The Bertz CT molecular complexity index is 893. The van der Waals surface area contributed by atoms with E-state index in [1.54, 1.807) is 12.4 Å². The molecule has 0 spiro atoms. The predicted molar refractivity (Wildman–Crippen MR) is 111 cm³/mol. The summed E-state index contributed by atoms with van der Waals surface area (Å²) in [4.78, 5) is 16.9. The zero-order valence-corrected chi connectivity index (χ0v) is 16.4. The van der Waals surface area contributed by atoms with Crippen LogP contribution in [0.15, 0.2) is 61.1 Å². The summed E-state index contributed by atoms with van der Waals surface area (Å²) in [6.07, 6.45) is 6.88. The molecular weight excluding hydrogens is 350 g/mol. The van der Waals surface area contributed by atoms with Crippen LogP contribution in [0, 0.1) is 5.41 Å². The number of hydrogen-bond donors (Lipinski definition) is 2. The molecule has 0 fully saturated rings. The van der Waals surface area contributed by atoms with E-state index in [2.05, 4.69) is 10.3 Å². The fourth-order valence-electron chi connectivity index (χ4n) is 3.32. The van der Waals surface area contributed by atoms with Crippen LogP contribution in [-0.2, 0) is 11.3 Å². The number of carbonyl (C=O) groups is 1. The molecule has 1 aromatic carbocycles. The number of amides is 1. The summed E-state index contributed by atoms with van der Waals surface area (Å²) < 4.78 is 1.84. The van der Waals surface area contributed by atoms with E-state index in [0.717, 1.165) is 22.5 Å². The fourth-order valence-corrected chi connectivity index (χ4v) is 3.32. The highest BCUT2D eigenvalue weighted by Gasteiger charge is 2.33. The summed E-state index contributed by atoms with van der Waals surface area (Å²) in [7, 11) is 0. The van der Waals surface area contributed by atoms with Crippen LogP contribution in [-0.4, -0.2) is 27.2 Å². The Balaban J connectivity index is 1.91. The van der Waals surface area contributed by atoms with Crippen molar-refractivity contribution in [1.82, 2.24) is 20.1 Å². The van der Waals surface area contributed by atoms with E-state index in [-0.39, 0.29) is 5.91 Å². The van der Waals surface area contributed by atoms with E-state index < -0.39 is 5.41 Å². The normalized spacial score (nSPS) is 11.4. The first-order chi connectivity index (χ1) is 13.6. The Morgan fingerprint density at radius 2 is 1.79 bits per heavy atom. The minimum Gasteiger partial charge on any atom is -0.351 e. The van der Waals surface area contributed by atoms with Gasteiger partial charge in [0.1, 0.15) is 0 Å². The van der Waals surface area contributed by atoms with E-state index in [0.29, 0.717) is 25.9 Å². The van der Waals surface area contributed by atoms with Crippen molar-refractivity contribution in [2.75, 3.05) is 6.54 Å². The van der Waals surface area contributed by atoms with Crippen molar-refractivity contribution in [3.8, 4) is 16.9 Å². The van der Waals surface area contributed by atoms with Gasteiger partial charge in [0, 0.05) is 42.8 Å². The maximum absolute atomic E-state index is 12.8. The molecule has 0 aliphatic carbocycles. The Kier molecular flexibility index (Phi) is 6.21. The SMILES string of the molecule is CCC(CC)(CN)C(=O)NCc1cn(-c2ccccc2)nc1-c1ccncc1. The van der Waals surface area contributed by atoms with Gasteiger partial charge in [-0.3, -0.25) is 9.78 Å². The standard InChI is InChI=1S/C22H27N5O/c1-3-22(4-2,16-23)21(28)25-14-18-15-27(19-8-6-5-7-9-19)26-20(18)17-10-12-24-13-11-17/h5-13,15H,3-4,14,16,23H2,1-2H3,(H,25,28). The second kappa shape index (κ2) is 8.80. The minimum absolute atomic E-state index is 0.00635. The molecule has 28 heavy (non-hydrogen) atoms. The number of aromatic nitrogens is 3. The maximum Gasteiger partial charge on any atom is 0.227 e. The van der Waals surface area contributed by atoms with Gasteiger partial charge in [0.2, 0.25) is 5.91 Å². The van der Waals surface area contributed by atoms with Crippen molar-refractivity contribution in [3.05, 3.63) is 66.6 Å². The summed E-state index contributed by atoms with van der Waals surface area (Å²) in [5, 5.41) is 7.84. The molecule has 146 valence electrons. The molecule has 0 aliphatic rings. The molecule has 6 heteroatoms. The second-order valence-electron chi connectivity index (χ2n) is 6.89. The summed E-state index contributed by atoms with van der Waals surface area (Å²) in [6.45, 7) is 4.74.